The smallest absolute Gasteiger partial charge is 0.242 e. The van der Waals surface area contributed by atoms with Crippen molar-refractivity contribution < 1.29 is 9.59 Å². The number of amides is 2. The largest absolute Gasteiger partial charge is 0.347 e. The van der Waals surface area contributed by atoms with Gasteiger partial charge in [0, 0.05) is 31.1 Å². The van der Waals surface area contributed by atoms with Crippen LogP contribution in [0.3, 0.4) is 0 Å². The number of hydrogen-bond donors (Lipinski definition) is 2. The van der Waals surface area contributed by atoms with E-state index >= 15 is 0 Å². The van der Waals surface area contributed by atoms with Crippen LogP contribution in [0.5, 0.6) is 0 Å². The van der Waals surface area contributed by atoms with Crippen LogP contribution in [0.25, 0.3) is 0 Å². The molecule has 24 heavy (non-hydrogen) atoms. The van der Waals surface area contributed by atoms with Gasteiger partial charge >= 0.3 is 0 Å². The molecule has 1 aliphatic heterocycles. The van der Waals surface area contributed by atoms with Crippen molar-refractivity contribution in [3.05, 3.63) is 34.9 Å². The van der Waals surface area contributed by atoms with Crippen LogP contribution in [0.4, 0.5) is 0 Å². The fourth-order valence-electron chi connectivity index (χ4n) is 2.81. The second-order valence-corrected chi connectivity index (χ2v) is 6.95. The minimum atomic E-state index is -0.104. The maximum atomic E-state index is 12.6. The molecule has 0 radical (unpaired) electrons. The van der Waals surface area contributed by atoms with E-state index in [1.54, 1.807) is 4.90 Å². The summed E-state index contributed by atoms with van der Waals surface area (Å²) < 4.78 is 0. The third-order valence-electron chi connectivity index (χ3n) is 4.21. The van der Waals surface area contributed by atoms with Gasteiger partial charge < -0.3 is 15.5 Å². The second kappa shape index (κ2) is 9.04. The molecule has 1 saturated heterocycles. The summed E-state index contributed by atoms with van der Waals surface area (Å²) in [6.07, 6.45) is 1.29. The Hall–Kier alpha value is -1.59. The Morgan fingerprint density at radius 3 is 2.83 bits per heavy atom. The first kappa shape index (κ1) is 18.7. The topological polar surface area (TPSA) is 61.4 Å². The molecule has 1 heterocycles. The molecular formula is C18H26ClN3O2. The molecule has 132 valence electrons. The van der Waals surface area contributed by atoms with E-state index in [0.717, 1.165) is 18.5 Å². The fourth-order valence-corrected chi connectivity index (χ4v) is 3.07. The average Bonchev–Trinajstić information content (AvgIpc) is 2.58. The van der Waals surface area contributed by atoms with E-state index in [1.165, 1.54) is 0 Å². The van der Waals surface area contributed by atoms with Crippen LogP contribution in [-0.2, 0) is 9.59 Å². The predicted molar refractivity (Wildman–Crippen MR) is 95.9 cm³/mol. The molecule has 0 bridgehead atoms. The molecule has 1 fully saturated rings. The van der Waals surface area contributed by atoms with E-state index in [1.807, 2.05) is 24.3 Å². The summed E-state index contributed by atoms with van der Waals surface area (Å²) in [7, 11) is 0. The van der Waals surface area contributed by atoms with Crippen LogP contribution in [0, 0.1) is 5.92 Å². The fraction of sp³-hybridized carbons (Fsp3) is 0.556. The molecule has 6 heteroatoms. The number of benzene rings is 1. The number of carbonyl (C=O) groups excluding carboxylic acids is 2. The van der Waals surface area contributed by atoms with Crippen molar-refractivity contribution in [3.8, 4) is 0 Å². The summed E-state index contributed by atoms with van der Waals surface area (Å²) in [6, 6.07) is 7.48. The van der Waals surface area contributed by atoms with E-state index in [2.05, 4.69) is 24.5 Å². The third kappa shape index (κ3) is 5.21. The molecule has 5 nitrogen and oxygen atoms in total. The van der Waals surface area contributed by atoms with Gasteiger partial charge in [0.15, 0.2) is 0 Å². The predicted octanol–water partition coefficient (Wildman–Crippen LogP) is 2.37. The number of rotatable bonds is 6. The highest BCUT2D eigenvalue weighted by Crippen LogP contribution is 2.28. The number of carbonyl (C=O) groups is 2. The minimum absolute atomic E-state index is 0.0396. The number of hydrogen-bond acceptors (Lipinski definition) is 3. The zero-order chi connectivity index (χ0) is 17.5. The van der Waals surface area contributed by atoms with E-state index in [-0.39, 0.29) is 24.4 Å². The summed E-state index contributed by atoms with van der Waals surface area (Å²) >= 11 is 6.29. The van der Waals surface area contributed by atoms with E-state index in [4.69, 9.17) is 11.6 Å². The summed E-state index contributed by atoms with van der Waals surface area (Å²) in [5.74, 6) is 0.338. The average molecular weight is 352 g/mol. The standard InChI is InChI=1S/C18H26ClN3O2/c1-13(2)7-8-17(23)21-12-18(24)22-10-9-20-11-16(22)14-5-3-4-6-15(14)19/h3-6,13,16,20H,7-12H2,1-2H3,(H,21,23). The van der Waals surface area contributed by atoms with Crippen LogP contribution in [0.1, 0.15) is 38.3 Å². The highest BCUT2D eigenvalue weighted by Gasteiger charge is 2.29. The van der Waals surface area contributed by atoms with Gasteiger partial charge in [-0.1, -0.05) is 43.6 Å². The molecule has 1 aliphatic rings. The van der Waals surface area contributed by atoms with Crippen LogP contribution in [0.2, 0.25) is 5.02 Å². The number of nitrogens with one attached hydrogen (secondary N) is 2. The van der Waals surface area contributed by atoms with Gasteiger partial charge in [0.2, 0.25) is 11.8 Å². The van der Waals surface area contributed by atoms with Gasteiger partial charge in [0.1, 0.15) is 0 Å². The van der Waals surface area contributed by atoms with Crippen LogP contribution < -0.4 is 10.6 Å². The molecule has 1 aromatic carbocycles. The first-order valence-corrected chi connectivity index (χ1v) is 8.88. The van der Waals surface area contributed by atoms with Crippen molar-refractivity contribution in [2.45, 2.75) is 32.7 Å². The van der Waals surface area contributed by atoms with E-state index in [9.17, 15) is 9.59 Å². The monoisotopic (exact) mass is 351 g/mol. The molecule has 2 rings (SSSR count). The lowest BCUT2D eigenvalue weighted by Crippen LogP contribution is -2.51. The molecule has 1 aromatic rings. The molecule has 0 aliphatic carbocycles. The molecule has 1 unspecified atom stereocenters. The summed E-state index contributed by atoms with van der Waals surface area (Å²) in [5.41, 5.74) is 0.936. The van der Waals surface area contributed by atoms with Crippen molar-refractivity contribution in [3.63, 3.8) is 0 Å². The minimum Gasteiger partial charge on any atom is -0.347 e. The van der Waals surface area contributed by atoms with E-state index < -0.39 is 0 Å². The SMILES string of the molecule is CC(C)CCC(=O)NCC(=O)N1CCNCC1c1ccccc1Cl. The molecule has 2 N–H and O–H groups in total. The molecule has 1 atom stereocenters. The lowest BCUT2D eigenvalue weighted by atomic mass is 10.0. The van der Waals surface area contributed by atoms with Gasteiger partial charge in [0.05, 0.1) is 12.6 Å². The summed E-state index contributed by atoms with van der Waals surface area (Å²) in [5, 5.41) is 6.70. The van der Waals surface area contributed by atoms with Crippen LogP contribution >= 0.6 is 11.6 Å². The van der Waals surface area contributed by atoms with Crippen molar-refractivity contribution >= 4 is 23.4 Å². The Labute approximate surface area is 148 Å². The van der Waals surface area contributed by atoms with Gasteiger partial charge in [-0.25, -0.2) is 0 Å². The Morgan fingerprint density at radius 1 is 1.38 bits per heavy atom. The molecule has 0 spiro atoms. The van der Waals surface area contributed by atoms with Crippen molar-refractivity contribution in [2.24, 2.45) is 5.92 Å². The highest BCUT2D eigenvalue weighted by atomic mass is 35.5. The zero-order valence-electron chi connectivity index (χ0n) is 14.3. The van der Waals surface area contributed by atoms with Gasteiger partial charge in [-0.05, 0) is 24.0 Å². The van der Waals surface area contributed by atoms with Crippen molar-refractivity contribution in [1.29, 1.82) is 0 Å². The van der Waals surface area contributed by atoms with Crippen LogP contribution in [-0.4, -0.2) is 42.9 Å². The maximum Gasteiger partial charge on any atom is 0.242 e. The molecule has 0 aromatic heterocycles. The molecule has 2 amide bonds. The van der Waals surface area contributed by atoms with Gasteiger partial charge in [-0.15, -0.1) is 0 Å². The Balaban J connectivity index is 1.96. The number of piperazine rings is 1. The highest BCUT2D eigenvalue weighted by molar-refractivity contribution is 6.31. The second-order valence-electron chi connectivity index (χ2n) is 6.54. The zero-order valence-corrected chi connectivity index (χ0v) is 15.1. The van der Waals surface area contributed by atoms with Crippen molar-refractivity contribution in [2.75, 3.05) is 26.2 Å². The molecular weight excluding hydrogens is 326 g/mol. The summed E-state index contributed by atoms with van der Waals surface area (Å²) in [4.78, 5) is 26.2. The lowest BCUT2D eigenvalue weighted by molar-refractivity contribution is -0.135. The Bertz CT molecular complexity index is 577. The first-order valence-electron chi connectivity index (χ1n) is 8.50. The summed E-state index contributed by atoms with van der Waals surface area (Å²) in [6.45, 7) is 6.21. The van der Waals surface area contributed by atoms with Gasteiger partial charge in [-0.3, -0.25) is 9.59 Å². The molecule has 0 saturated carbocycles. The van der Waals surface area contributed by atoms with Gasteiger partial charge in [-0.2, -0.15) is 0 Å². The normalized spacial score (nSPS) is 17.8. The first-order chi connectivity index (χ1) is 11.5. The van der Waals surface area contributed by atoms with E-state index in [0.29, 0.717) is 30.5 Å². The Morgan fingerprint density at radius 2 is 2.12 bits per heavy atom. The third-order valence-corrected chi connectivity index (χ3v) is 4.56. The van der Waals surface area contributed by atoms with Crippen LogP contribution in [0.15, 0.2) is 24.3 Å². The number of halogens is 1. The Kier molecular flexibility index (Phi) is 7.06. The lowest BCUT2D eigenvalue weighted by Gasteiger charge is -2.37. The quantitative estimate of drug-likeness (QED) is 0.827. The maximum absolute atomic E-state index is 12.6. The van der Waals surface area contributed by atoms with Gasteiger partial charge in [0.25, 0.3) is 0 Å². The van der Waals surface area contributed by atoms with Crippen molar-refractivity contribution in [1.82, 2.24) is 15.5 Å². The number of nitrogens with zero attached hydrogens (tertiary/aromatic N) is 1.